The van der Waals surface area contributed by atoms with Crippen molar-refractivity contribution in [2.75, 3.05) is 20.0 Å². The molecule has 3 aromatic rings. The summed E-state index contributed by atoms with van der Waals surface area (Å²) in [6.45, 7) is 0.507. The second-order valence-corrected chi connectivity index (χ2v) is 10.9. The van der Waals surface area contributed by atoms with Crippen LogP contribution in [0.1, 0.15) is 37.5 Å². The molecule has 0 radical (unpaired) electrons. The molecule has 1 aromatic heterocycles. The molecule has 0 aliphatic carbocycles. The van der Waals surface area contributed by atoms with Crippen molar-refractivity contribution in [3.8, 4) is 5.69 Å². The Labute approximate surface area is 232 Å². The zero-order chi connectivity index (χ0) is 30.7. The van der Waals surface area contributed by atoms with Crippen molar-refractivity contribution in [3.63, 3.8) is 0 Å². The lowest BCUT2D eigenvalue weighted by Crippen LogP contribution is -2.45. The maximum Gasteiger partial charge on any atom is 0.416 e. The van der Waals surface area contributed by atoms with E-state index in [-0.39, 0.29) is 27.8 Å². The molecule has 2 aromatic carbocycles. The fourth-order valence-corrected chi connectivity index (χ4v) is 4.41. The molecule has 11 nitrogen and oxygen atoms in total. The first kappa shape index (κ1) is 31.2. The summed E-state index contributed by atoms with van der Waals surface area (Å²) in [4.78, 5) is 51.9. The average Bonchev–Trinajstić information content (AvgIpc) is 2.90. The number of aromatic nitrogens is 1. The number of amides is 3. The number of pyridine rings is 1. The molecule has 0 aliphatic heterocycles. The second-order valence-electron chi connectivity index (χ2n) is 8.85. The Balaban J connectivity index is 2.11. The van der Waals surface area contributed by atoms with Gasteiger partial charge in [0.25, 0.3) is 23.3 Å². The van der Waals surface area contributed by atoms with E-state index in [1.165, 1.54) is 44.4 Å². The van der Waals surface area contributed by atoms with Gasteiger partial charge in [-0.3, -0.25) is 23.7 Å². The van der Waals surface area contributed by atoms with Crippen LogP contribution < -0.4 is 16.7 Å². The highest BCUT2D eigenvalue weighted by Crippen LogP contribution is 2.30. The lowest BCUT2D eigenvalue weighted by Gasteiger charge is -2.20. The van der Waals surface area contributed by atoms with Crippen LogP contribution >= 0.6 is 0 Å². The molecule has 41 heavy (non-hydrogen) atoms. The molecular weight excluding hydrogens is 569 g/mol. The molecule has 218 valence electrons. The number of carbonyl (C=O) groups is 3. The summed E-state index contributed by atoms with van der Waals surface area (Å²) in [6, 6.07) is 10.1. The molecule has 0 unspecified atom stereocenters. The molecule has 0 spiro atoms. The number of alkyl halides is 3. The topological polar surface area (TPSA) is 158 Å². The third-order valence-electron chi connectivity index (χ3n) is 5.91. The summed E-state index contributed by atoms with van der Waals surface area (Å²) < 4.78 is 69.0. The van der Waals surface area contributed by atoms with Crippen molar-refractivity contribution in [2.24, 2.45) is 5.84 Å². The zero-order valence-corrected chi connectivity index (χ0v) is 22.8. The number of hydrogen-bond donors (Lipinski definition) is 2. The van der Waals surface area contributed by atoms with Gasteiger partial charge in [-0.1, -0.05) is 18.2 Å². The number of benzene rings is 2. The first-order chi connectivity index (χ1) is 19.1. The van der Waals surface area contributed by atoms with Crippen LogP contribution in [-0.2, 0) is 32.1 Å². The van der Waals surface area contributed by atoms with Gasteiger partial charge < -0.3 is 10.1 Å². The van der Waals surface area contributed by atoms with Crippen molar-refractivity contribution in [1.82, 2.24) is 14.9 Å². The highest BCUT2D eigenvalue weighted by atomic mass is 32.2. The number of sulfone groups is 1. The van der Waals surface area contributed by atoms with Gasteiger partial charge >= 0.3 is 6.18 Å². The number of nitrogens with zero attached hydrogens (tertiary/aromatic N) is 2. The van der Waals surface area contributed by atoms with Gasteiger partial charge in [0.05, 0.1) is 16.0 Å². The van der Waals surface area contributed by atoms with E-state index in [2.05, 4.69) is 10.1 Å². The third kappa shape index (κ3) is 7.06. The summed E-state index contributed by atoms with van der Waals surface area (Å²) in [5.74, 6) is 2.53. The van der Waals surface area contributed by atoms with E-state index >= 15 is 0 Å². The summed E-state index contributed by atoms with van der Waals surface area (Å²) in [6.07, 6.45) is -3.73. The molecule has 3 N–H and O–H groups in total. The van der Waals surface area contributed by atoms with E-state index in [1.807, 2.05) is 0 Å². The van der Waals surface area contributed by atoms with Crippen LogP contribution in [0.3, 0.4) is 0 Å². The number of halogens is 3. The van der Waals surface area contributed by atoms with Crippen LogP contribution in [0.4, 0.5) is 13.2 Å². The smallest absolute Gasteiger partial charge is 0.375 e. The van der Waals surface area contributed by atoms with Gasteiger partial charge in [-0.25, -0.2) is 19.3 Å². The second kappa shape index (κ2) is 12.0. The van der Waals surface area contributed by atoms with Crippen molar-refractivity contribution < 1.29 is 40.7 Å². The summed E-state index contributed by atoms with van der Waals surface area (Å²) in [5, 5.41) is 2.67. The molecule has 0 saturated heterocycles. The minimum Gasteiger partial charge on any atom is -0.375 e. The van der Waals surface area contributed by atoms with Crippen molar-refractivity contribution in [3.05, 3.63) is 92.9 Å². The van der Waals surface area contributed by atoms with Gasteiger partial charge in [-0.05, 0) is 48.9 Å². The third-order valence-corrected chi connectivity index (χ3v) is 7.04. The predicted molar refractivity (Wildman–Crippen MR) is 140 cm³/mol. The summed E-state index contributed by atoms with van der Waals surface area (Å²) in [5.41, 5.74) is -3.19. The Morgan fingerprint density at radius 2 is 1.68 bits per heavy atom. The molecule has 3 amide bonds. The van der Waals surface area contributed by atoms with Crippen molar-refractivity contribution >= 4 is 27.6 Å². The Morgan fingerprint density at radius 1 is 1.05 bits per heavy atom. The number of methoxy groups -OCH3 is 1. The molecular formula is C26H25F3N4O7S. The van der Waals surface area contributed by atoms with Crippen LogP contribution in [0.2, 0.25) is 0 Å². The predicted octanol–water partition coefficient (Wildman–Crippen LogP) is 1.99. The molecule has 0 atom stereocenters. The van der Waals surface area contributed by atoms with Crippen LogP contribution in [0, 0.1) is 6.92 Å². The number of rotatable bonds is 8. The highest BCUT2D eigenvalue weighted by Gasteiger charge is 2.31. The van der Waals surface area contributed by atoms with E-state index < -0.39 is 62.6 Å². The molecule has 0 aliphatic rings. The zero-order valence-electron chi connectivity index (χ0n) is 22.0. The molecule has 3 rings (SSSR count). The van der Waals surface area contributed by atoms with Crippen LogP contribution in [0.15, 0.2) is 64.3 Å². The Kier molecular flexibility index (Phi) is 9.16. The highest BCUT2D eigenvalue weighted by molar-refractivity contribution is 7.90. The molecule has 0 fully saturated rings. The van der Waals surface area contributed by atoms with Gasteiger partial charge in [0.2, 0.25) is 0 Å². The van der Waals surface area contributed by atoms with Gasteiger partial charge in [-0.2, -0.15) is 13.2 Å². The van der Waals surface area contributed by atoms with E-state index in [4.69, 9.17) is 5.84 Å². The number of hydrogen-bond acceptors (Lipinski definition) is 8. The van der Waals surface area contributed by atoms with Crippen LogP contribution in [0.5, 0.6) is 0 Å². The largest absolute Gasteiger partial charge is 0.416 e. The number of ether oxygens (including phenoxy) is 1. The van der Waals surface area contributed by atoms with Gasteiger partial charge in [0.15, 0.2) is 9.84 Å². The maximum atomic E-state index is 13.5. The fourth-order valence-electron chi connectivity index (χ4n) is 3.78. The molecule has 0 bridgehead atoms. The summed E-state index contributed by atoms with van der Waals surface area (Å²) in [7, 11) is -2.27. The van der Waals surface area contributed by atoms with Crippen LogP contribution in [-0.4, -0.2) is 55.7 Å². The van der Waals surface area contributed by atoms with E-state index in [1.54, 1.807) is 0 Å². The normalized spacial score (nSPS) is 11.7. The minimum atomic E-state index is -4.76. The Morgan fingerprint density at radius 3 is 2.24 bits per heavy atom. The SMILES string of the molecule is COCC(=O)N(N)C(=O)c1cc(C(=O)NCc2ccc(S(C)(=O)=O)cc2)c(=O)n(-c2cccc(C(F)(F)F)c2)c1C. The lowest BCUT2D eigenvalue weighted by molar-refractivity contribution is -0.137. The van der Waals surface area contributed by atoms with Crippen LogP contribution in [0.25, 0.3) is 5.69 Å². The van der Waals surface area contributed by atoms with Gasteiger partial charge in [0, 0.05) is 31.3 Å². The monoisotopic (exact) mass is 594 g/mol. The van der Waals surface area contributed by atoms with Gasteiger partial charge in [-0.15, -0.1) is 0 Å². The first-order valence-electron chi connectivity index (χ1n) is 11.7. The van der Waals surface area contributed by atoms with Gasteiger partial charge in [0.1, 0.15) is 12.2 Å². The number of hydrazine groups is 1. The number of imide groups is 1. The maximum absolute atomic E-state index is 13.5. The molecule has 15 heteroatoms. The standard InChI is InChI=1S/C26H25F3N4O7S/c1-15-20(25(37)33(30)22(34)14-40-2)12-21(23(35)31-13-16-7-9-19(10-8-16)41(3,38)39)24(36)32(15)18-6-4-5-17(11-18)26(27,28)29/h4-12H,13-14,30H2,1-3H3,(H,31,35). The first-order valence-corrected chi connectivity index (χ1v) is 13.6. The Bertz CT molecular complexity index is 1670. The molecule has 0 saturated carbocycles. The van der Waals surface area contributed by atoms with Crippen molar-refractivity contribution in [1.29, 1.82) is 0 Å². The fraction of sp³-hybridized carbons (Fsp3) is 0.231. The average molecular weight is 595 g/mol. The van der Waals surface area contributed by atoms with E-state index in [0.29, 0.717) is 11.6 Å². The number of carbonyl (C=O) groups excluding carboxylic acids is 3. The van der Waals surface area contributed by atoms with E-state index in [0.717, 1.165) is 29.0 Å². The number of nitrogens with two attached hydrogens (primary N) is 1. The molecule has 1 heterocycles. The van der Waals surface area contributed by atoms with E-state index in [9.17, 15) is 40.8 Å². The number of nitrogens with one attached hydrogen (secondary N) is 1. The lowest BCUT2D eigenvalue weighted by atomic mass is 10.1. The Hall–Kier alpha value is -4.34. The quantitative estimate of drug-likeness (QED) is 0.228. The summed E-state index contributed by atoms with van der Waals surface area (Å²) >= 11 is 0. The van der Waals surface area contributed by atoms with Crippen molar-refractivity contribution in [2.45, 2.75) is 24.5 Å². The minimum absolute atomic E-state index is 0.0487.